The van der Waals surface area contributed by atoms with Gasteiger partial charge in [0.15, 0.2) is 0 Å². The molecule has 17 heavy (non-hydrogen) atoms. The molecule has 0 heterocycles. The minimum Gasteiger partial charge on any atom is -0.389 e. The second kappa shape index (κ2) is 8.03. The highest BCUT2D eigenvalue weighted by Gasteiger charge is 2.16. The van der Waals surface area contributed by atoms with Crippen LogP contribution in [0.4, 0.5) is 0 Å². The number of ether oxygens (including phenoxy) is 2. The summed E-state index contributed by atoms with van der Waals surface area (Å²) < 4.78 is 10.7. The fourth-order valence-corrected chi connectivity index (χ4v) is 1.36. The van der Waals surface area contributed by atoms with Gasteiger partial charge in [-0.25, -0.2) is 0 Å². The number of rotatable bonds is 8. The van der Waals surface area contributed by atoms with Crippen LogP contribution < -0.4 is 5.32 Å². The van der Waals surface area contributed by atoms with Crippen molar-refractivity contribution in [3.8, 4) is 0 Å². The third kappa shape index (κ3) is 9.53. The Morgan fingerprint density at radius 2 is 1.76 bits per heavy atom. The Morgan fingerprint density at radius 1 is 1.18 bits per heavy atom. The van der Waals surface area contributed by atoms with Crippen molar-refractivity contribution in [1.29, 1.82) is 0 Å². The van der Waals surface area contributed by atoms with Gasteiger partial charge in [-0.05, 0) is 26.7 Å². The van der Waals surface area contributed by atoms with Gasteiger partial charge in [-0.1, -0.05) is 13.8 Å². The molecule has 0 amide bonds. The molecule has 0 saturated carbocycles. The summed E-state index contributed by atoms with van der Waals surface area (Å²) >= 11 is 0. The minimum atomic E-state index is -0.479. The first-order valence-corrected chi connectivity index (χ1v) is 6.30. The van der Waals surface area contributed by atoms with E-state index in [1.807, 2.05) is 20.8 Å². The van der Waals surface area contributed by atoms with Gasteiger partial charge in [-0.15, -0.1) is 0 Å². The Balaban J connectivity index is 3.84. The standard InChI is InChI=1S/C13H29NO3/c1-10(2)12(9-16-6)14-7-11(15)8-17-13(3,4)5/h10-12,14-15H,7-9H2,1-6H3. The van der Waals surface area contributed by atoms with Crippen LogP contribution in [0.5, 0.6) is 0 Å². The maximum atomic E-state index is 9.78. The van der Waals surface area contributed by atoms with Crippen molar-refractivity contribution in [2.24, 2.45) is 5.92 Å². The van der Waals surface area contributed by atoms with Crippen molar-refractivity contribution >= 4 is 0 Å². The highest BCUT2D eigenvalue weighted by molar-refractivity contribution is 4.72. The van der Waals surface area contributed by atoms with Crippen molar-refractivity contribution in [3.05, 3.63) is 0 Å². The molecule has 4 nitrogen and oxygen atoms in total. The fourth-order valence-electron chi connectivity index (χ4n) is 1.36. The third-order valence-electron chi connectivity index (χ3n) is 2.48. The molecule has 0 aromatic heterocycles. The van der Waals surface area contributed by atoms with Crippen LogP contribution in [0.15, 0.2) is 0 Å². The van der Waals surface area contributed by atoms with Gasteiger partial charge in [-0.3, -0.25) is 0 Å². The zero-order valence-corrected chi connectivity index (χ0v) is 12.1. The van der Waals surface area contributed by atoms with Crippen molar-refractivity contribution in [2.45, 2.75) is 52.4 Å². The average molecular weight is 247 g/mol. The molecule has 0 aromatic rings. The van der Waals surface area contributed by atoms with Crippen LogP contribution in [0.25, 0.3) is 0 Å². The molecule has 4 heteroatoms. The molecule has 0 aliphatic carbocycles. The van der Waals surface area contributed by atoms with E-state index < -0.39 is 6.10 Å². The van der Waals surface area contributed by atoms with E-state index in [1.54, 1.807) is 7.11 Å². The van der Waals surface area contributed by atoms with Gasteiger partial charge < -0.3 is 19.9 Å². The van der Waals surface area contributed by atoms with Crippen LogP contribution in [-0.4, -0.2) is 49.7 Å². The molecule has 0 aliphatic heterocycles. The van der Waals surface area contributed by atoms with Gasteiger partial charge >= 0.3 is 0 Å². The lowest BCUT2D eigenvalue weighted by molar-refractivity contribution is -0.0491. The van der Waals surface area contributed by atoms with E-state index in [0.29, 0.717) is 25.7 Å². The van der Waals surface area contributed by atoms with Crippen molar-refractivity contribution in [2.75, 3.05) is 26.9 Å². The lowest BCUT2D eigenvalue weighted by atomic mass is 10.1. The summed E-state index contributed by atoms with van der Waals surface area (Å²) in [5.41, 5.74) is -0.203. The summed E-state index contributed by atoms with van der Waals surface area (Å²) in [6.07, 6.45) is -0.479. The van der Waals surface area contributed by atoms with Gasteiger partial charge in [0.2, 0.25) is 0 Å². The second-order valence-corrected chi connectivity index (χ2v) is 5.79. The predicted octanol–water partition coefficient (Wildman–Crippen LogP) is 1.42. The molecule has 0 bridgehead atoms. The monoisotopic (exact) mass is 247 g/mol. The first-order valence-electron chi connectivity index (χ1n) is 6.30. The van der Waals surface area contributed by atoms with Crippen LogP contribution in [0, 0.1) is 5.92 Å². The summed E-state index contributed by atoms with van der Waals surface area (Å²) in [5, 5.41) is 13.1. The van der Waals surface area contributed by atoms with E-state index >= 15 is 0 Å². The van der Waals surface area contributed by atoms with Gasteiger partial charge in [0.1, 0.15) is 0 Å². The Bertz CT molecular complexity index is 190. The van der Waals surface area contributed by atoms with Crippen LogP contribution >= 0.6 is 0 Å². The zero-order chi connectivity index (χ0) is 13.5. The highest BCUT2D eigenvalue weighted by Crippen LogP contribution is 2.07. The number of aliphatic hydroxyl groups excluding tert-OH is 1. The molecule has 2 N–H and O–H groups in total. The van der Waals surface area contributed by atoms with Crippen LogP contribution in [0.3, 0.4) is 0 Å². The topological polar surface area (TPSA) is 50.7 Å². The molecular weight excluding hydrogens is 218 g/mol. The molecule has 0 rings (SSSR count). The Morgan fingerprint density at radius 3 is 2.18 bits per heavy atom. The molecule has 0 spiro atoms. The minimum absolute atomic E-state index is 0.203. The third-order valence-corrected chi connectivity index (χ3v) is 2.48. The maximum Gasteiger partial charge on any atom is 0.0898 e. The number of hydrogen-bond donors (Lipinski definition) is 2. The zero-order valence-electron chi connectivity index (χ0n) is 12.1. The maximum absolute atomic E-state index is 9.78. The lowest BCUT2D eigenvalue weighted by Gasteiger charge is -2.25. The Hall–Kier alpha value is -0.160. The van der Waals surface area contributed by atoms with Gasteiger partial charge in [0.05, 0.1) is 24.9 Å². The van der Waals surface area contributed by atoms with Crippen molar-refractivity contribution in [3.63, 3.8) is 0 Å². The summed E-state index contributed by atoms with van der Waals surface area (Å²) in [5.74, 6) is 0.477. The Labute approximate surface area is 106 Å². The molecule has 0 fully saturated rings. The average Bonchev–Trinajstić information content (AvgIpc) is 2.19. The van der Waals surface area contributed by atoms with E-state index in [-0.39, 0.29) is 11.6 Å². The second-order valence-electron chi connectivity index (χ2n) is 5.79. The molecule has 0 aromatic carbocycles. The van der Waals surface area contributed by atoms with Gasteiger partial charge in [-0.2, -0.15) is 0 Å². The molecule has 2 unspecified atom stereocenters. The predicted molar refractivity (Wildman–Crippen MR) is 70.2 cm³/mol. The van der Waals surface area contributed by atoms with Crippen LogP contribution in [0.2, 0.25) is 0 Å². The molecule has 2 atom stereocenters. The van der Waals surface area contributed by atoms with Gasteiger partial charge in [0.25, 0.3) is 0 Å². The lowest BCUT2D eigenvalue weighted by Crippen LogP contribution is -2.43. The molecule has 104 valence electrons. The van der Waals surface area contributed by atoms with Gasteiger partial charge in [0, 0.05) is 19.7 Å². The van der Waals surface area contributed by atoms with Crippen LogP contribution in [-0.2, 0) is 9.47 Å². The number of aliphatic hydroxyl groups is 1. The molecule has 0 radical (unpaired) electrons. The molecule has 0 aliphatic rings. The normalized spacial score (nSPS) is 16.2. The largest absolute Gasteiger partial charge is 0.389 e. The first-order chi connectivity index (χ1) is 7.76. The smallest absolute Gasteiger partial charge is 0.0898 e. The summed E-state index contributed by atoms with van der Waals surface area (Å²) in [7, 11) is 1.69. The highest BCUT2D eigenvalue weighted by atomic mass is 16.5. The van der Waals surface area contributed by atoms with E-state index in [0.717, 1.165) is 0 Å². The fraction of sp³-hybridized carbons (Fsp3) is 1.00. The first kappa shape index (κ1) is 16.8. The SMILES string of the molecule is COCC(NCC(O)COC(C)(C)C)C(C)C. The van der Waals surface area contributed by atoms with Crippen molar-refractivity contribution < 1.29 is 14.6 Å². The van der Waals surface area contributed by atoms with E-state index in [4.69, 9.17) is 9.47 Å². The van der Waals surface area contributed by atoms with E-state index in [2.05, 4.69) is 19.2 Å². The number of nitrogens with one attached hydrogen (secondary N) is 1. The molecule has 0 saturated heterocycles. The summed E-state index contributed by atoms with van der Waals surface area (Å²) in [6, 6.07) is 0.268. The van der Waals surface area contributed by atoms with E-state index in [1.165, 1.54) is 0 Å². The summed E-state index contributed by atoms with van der Waals surface area (Å²) in [6.45, 7) is 11.8. The van der Waals surface area contributed by atoms with Crippen molar-refractivity contribution in [1.82, 2.24) is 5.32 Å². The Kier molecular flexibility index (Phi) is 7.96. The molecular formula is C13H29NO3. The van der Waals surface area contributed by atoms with Crippen LogP contribution in [0.1, 0.15) is 34.6 Å². The summed E-state index contributed by atoms with van der Waals surface area (Å²) in [4.78, 5) is 0. The number of hydrogen-bond acceptors (Lipinski definition) is 4. The van der Waals surface area contributed by atoms with E-state index in [9.17, 15) is 5.11 Å². The number of methoxy groups -OCH3 is 1. The quantitative estimate of drug-likeness (QED) is 0.681.